The summed E-state index contributed by atoms with van der Waals surface area (Å²) in [6.45, 7) is -0.450. The zero-order valence-electron chi connectivity index (χ0n) is 12.1. The summed E-state index contributed by atoms with van der Waals surface area (Å²) >= 11 is 11.7. The van der Waals surface area contributed by atoms with Crippen LogP contribution in [0.2, 0.25) is 10.0 Å². The lowest BCUT2D eigenvalue weighted by Crippen LogP contribution is -2.21. The molecule has 0 bridgehead atoms. The summed E-state index contributed by atoms with van der Waals surface area (Å²) in [5.74, 6) is -1.16. The molecule has 3 rings (SSSR count). The number of carbonyl (C=O) groups is 2. The predicted octanol–water partition coefficient (Wildman–Crippen LogP) is 3.93. The highest BCUT2D eigenvalue weighted by atomic mass is 35.5. The van der Waals surface area contributed by atoms with Gasteiger partial charge in [-0.15, -0.1) is 0 Å². The molecule has 1 heterocycles. The fraction of sp³-hybridized carbons (Fsp3) is 0.0625. The van der Waals surface area contributed by atoms with E-state index in [0.29, 0.717) is 26.8 Å². The van der Waals surface area contributed by atoms with Crippen molar-refractivity contribution >= 4 is 51.9 Å². The summed E-state index contributed by atoms with van der Waals surface area (Å²) in [4.78, 5) is 27.8. The van der Waals surface area contributed by atoms with Crippen molar-refractivity contribution in [2.75, 3.05) is 11.9 Å². The maximum atomic E-state index is 12.0. The zero-order chi connectivity index (χ0) is 17.1. The van der Waals surface area contributed by atoms with Crippen molar-refractivity contribution in [3.63, 3.8) is 0 Å². The first kappa shape index (κ1) is 16.3. The first-order valence-corrected chi connectivity index (χ1v) is 7.54. The summed E-state index contributed by atoms with van der Waals surface area (Å²) in [7, 11) is 0. The molecule has 1 amide bonds. The monoisotopic (exact) mass is 364 g/mol. The lowest BCUT2D eigenvalue weighted by atomic mass is 10.2. The van der Waals surface area contributed by atoms with Crippen molar-refractivity contribution in [3.05, 3.63) is 58.4 Å². The normalized spacial score (nSPS) is 10.6. The number of hydrogen-bond donors (Lipinski definition) is 1. The molecule has 1 N–H and O–H groups in total. The number of anilines is 1. The van der Waals surface area contributed by atoms with Gasteiger partial charge < -0.3 is 14.5 Å². The van der Waals surface area contributed by atoms with E-state index in [-0.39, 0.29) is 5.56 Å². The topological polar surface area (TPSA) is 81.4 Å². The third-order valence-electron chi connectivity index (χ3n) is 3.11. The minimum absolute atomic E-state index is 0.272. The van der Waals surface area contributed by atoms with Crippen LogP contribution in [0.3, 0.4) is 0 Å². The van der Waals surface area contributed by atoms with Crippen LogP contribution in [0.25, 0.3) is 11.1 Å². The minimum atomic E-state index is -0.641. The standard InChI is InChI=1S/C16H10Cl2N2O4/c17-10-2-3-12(11(18)6-10)20-15(21)7-23-16(22)9-1-4-14-13(5-9)19-8-24-14/h1-6,8H,7H2,(H,20,21). The average molecular weight is 365 g/mol. The number of fused-ring (bicyclic) bond motifs is 1. The molecule has 0 aliphatic carbocycles. The number of benzene rings is 2. The number of esters is 1. The van der Waals surface area contributed by atoms with E-state index in [4.69, 9.17) is 32.4 Å². The largest absolute Gasteiger partial charge is 0.452 e. The highest BCUT2D eigenvalue weighted by Crippen LogP contribution is 2.25. The van der Waals surface area contributed by atoms with Crippen LogP contribution in [0, 0.1) is 0 Å². The van der Waals surface area contributed by atoms with Crippen LogP contribution >= 0.6 is 23.2 Å². The lowest BCUT2D eigenvalue weighted by molar-refractivity contribution is -0.119. The van der Waals surface area contributed by atoms with Gasteiger partial charge in [-0.3, -0.25) is 4.79 Å². The van der Waals surface area contributed by atoms with Crippen molar-refractivity contribution in [1.29, 1.82) is 0 Å². The molecule has 0 aliphatic heterocycles. The number of carbonyl (C=O) groups excluding carboxylic acids is 2. The summed E-state index contributed by atoms with van der Waals surface area (Å²) in [6.07, 6.45) is 1.28. The Hall–Kier alpha value is -2.57. The smallest absolute Gasteiger partial charge is 0.338 e. The van der Waals surface area contributed by atoms with E-state index >= 15 is 0 Å². The summed E-state index contributed by atoms with van der Waals surface area (Å²) in [6, 6.07) is 9.30. The van der Waals surface area contributed by atoms with E-state index in [0.717, 1.165) is 0 Å². The molecule has 3 aromatic rings. The Kier molecular flexibility index (Phi) is 4.69. The Morgan fingerprint density at radius 1 is 1.17 bits per heavy atom. The molecule has 0 spiro atoms. The first-order chi connectivity index (χ1) is 11.5. The van der Waals surface area contributed by atoms with Crippen LogP contribution in [0.5, 0.6) is 0 Å². The van der Waals surface area contributed by atoms with Crippen molar-refractivity contribution in [3.8, 4) is 0 Å². The van der Waals surface area contributed by atoms with Gasteiger partial charge in [0.05, 0.1) is 16.3 Å². The quantitative estimate of drug-likeness (QED) is 0.709. The number of nitrogens with one attached hydrogen (secondary N) is 1. The molecule has 0 fully saturated rings. The Balaban J connectivity index is 1.60. The van der Waals surface area contributed by atoms with Crippen LogP contribution < -0.4 is 5.32 Å². The fourth-order valence-corrected chi connectivity index (χ4v) is 2.43. The van der Waals surface area contributed by atoms with Gasteiger partial charge in [-0.25, -0.2) is 9.78 Å². The van der Waals surface area contributed by atoms with Gasteiger partial charge >= 0.3 is 5.97 Å². The van der Waals surface area contributed by atoms with E-state index in [1.54, 1.807) is 18.2 Å². The molecule has 6 nitrogen and oxygen atoms in total. The Morgan fingerprint density at radius 2 is 2.00 bits per heavy atom. The molecule has 0 unspecified atom stereocenters. The minimum Gasteiger partial charge on any atom is -0.452 e. The van der Waals surface area contributed by atoms with Gasteiger partial charge in [-0.2, -0.15) is 0 Å². The average Bonchev–Trinajstić information content (AvgIpc) is 3.03. The van der Waals surface area contributed by atoms with Gasteiger partial charge in [0.1, 0.15) is 5.52 Å². The van der Waals surface area contributed by atoms with Crippen LogP contribution in [-0.2, 0) is 9.53 Å². The van der Waals surface area contributed by atoms with Crippen LogP contribution in [-0.4, -0.2) is 23.5 Å². The van der Waals surface area contributed by atoms with Crippen LogP contribution in [0.15, 0.2) is 47.2 Å². The van der Waals surface area contributed by atoms with Crippen LogP contribution in [0.1, 0.15) is 10.4 Å². The molecule has 0 aliphatic rings. The number of rotatable bonds is 4. The Morgan fingerprint density at radius 3 is 2.79 bits per heavy atom. The van der Waals surface area contributed by atoms with Gasteiger partial charge in [0.15, 0.2) is 18.6 Å². The van der Waals surface area contributed by atoms with Gasteiger partial charge in [0.2, 0.25) is 0 Å². The van der Waals surface area contributed by atoms with Gasteiger partial charge in [0, 0.05) is 5.02 Å². The number of ether oxygens (including phenoxy) is 1. The highest BCUT2D eigenvalue weighted by molar-refractivity contribution is 6.36. The third kappa shape index (κ3) is 3.67. The number of oxazole rings is 1. The molecule has 0 radical (unpaired) electrons. The van der Waals surface area contributed by atoms with E-state index in [1.165, 1.54) is 24.6 Å². The Bertz CT molecular complexity index is 923. The zero-order valence-corrected chi connectivity index (χ0v) is 13.6. The molecular weight excluding hydrogens is 355 g/mol. The van der Waals surface area contributed by atoms with E-state index in [9.17, 15) is 9.59 Å². The van der Waals surface area contributed by atoms with E-state index in [1.807, 2.05) is 0 Å². The van der Waals surface area contributed by atoms with E-state index in [2.05, 4.69) is 10.3 Å². The van der Waals surface area contributed by atoms with Crippen molar-refractivity contribution < 1.29 is 18.7 Å². The second-order valence-electron chi connectivity index (χ2n) is 4.78. The molecule has 1 aromatic heterocycles. The molecule has 24 heavy (non-hydrogen) atoms. The Labute approximate surface area is 146 Å². The van der Waals surface area contributed by atoms with Gasteiger partial charge in [0.25, 0.3) is 5.91 Å². The molecule has 0 saturated heterocycles. The molecule has 0 saturated carbocycles. The number of amides is 1. The molecule has 8 heteroatoms. The summed E-state index contributed by atoms with van der Waals surface area (Å²) < 4.78 is 10.1. The fourth-order valence-electron chi connectivity index (χ4n) is 1.98. The second kappa shape index (κ2) is 6.90. The van der Waals surface area contributed by atoms with Gasteiger partial charge in [-0.1, -0.05) is 23.2 Å². The van der Waals surface area contributed by atoms with Gasteiger partial charge in [-0.05, 0) is 36.4 Å². The van der Waals surface area contributed by atoms with Crippen LogP contribution in [0.4, 0.5) is 5.69 Å². The SMILES string of the molecule is O=C(COC(=O)c1ccc2ocnc2c1)Nc1ccc(Cl)cc1Cl. The first-order valence-electron chi connectivity index (χ1n) is 6.78. The number of hydrogen-bond acceptors (Lipinski definition) is 5. The number of aromatic nitrogens is 1. The maximum absolute atomic E-state index is 12.0. The van der Waals surface area contributed by atoms with Crippen molar-refractivity contribution in [2.45, 2.75) is 0 Å². The maximum Gasteiger partial charge on any atom is 0.338 e. The number of nitrogens with zero attached hydrogens (tertiary/aromatic N) is 1. The molecule has 0 atom stereocenters. The molecule has 122 valence electrons. The highest BCUT2D eigenvalue weighted by Gasteiger charge is 2.13. The second-order valence-corrected chi connectivity index (χ2v) is 5.63. The third-order valence-corrected chi connectivity index (χ3v) is 3.65. The molecular formula is C16H10Cl2N2O4. The molecule has 2 aromatic carbocycles. The predicted molar refractivity (Wildman–Crippen MR) is 89.4 cm³/mol. The lowest BCUT2D eigenvalue weighted by Gasteiger charge is -2.08. The van der Waals surface area contributed by atoms with Crippen molar-refractivity contribution in [1.82, 2.24) is 4.98 Å². The van der Waals surface area contributed by atoms with E-state index < -0.39 is 18.5 Å². The summed E-state index contributed by atoms with van der Waals surface area (Å²) in [5.41, 5.74) is 1.74. The van der Waals surface area contributed by atoms with Crippen molar-refractivity contribution in [2.24, 2.45) is 0 Å². The summed E-state index contributed by atoms with van der Waals surface area (Å²) in [5, 5.41) is 3.28. The number of halogens is 2.